The molecule has 0 amide bonds. The van der Waals surface area contributed by atoms with Gasteiger partial charge in [0.05, 0.1) is 0 Å². The molecule has 1 aliphatic carbocycles. The monoisotopic (exact) mass is 278 g/mol. The second-order valence-corrected chi connectivity index (χ2v) is 6.04. The number of benzene rings is 1. The molecule has 1 aliphatic heterocycles. The zero-order valence-corrected chi connectivity index (χ0v) is 11.8. The van der Waals surface area contributed by atoms with Gasteiger partial charge in [0.2, 0.25) is 0 Å². The van der Waals surface area contributed by atoms with Crippen molar-refractivity contribution >= 4 is 5.69 Å². The van der Waals surface area contributed by atoms with Gasteiger partial charge in [0.25, 0.3) is 0 Å². The van der Waals surface area contributed by atoms with Gasteiger partial charge < -0.3 is 15.3 Å². The summed E-state index contributed by atoms with van der Waals surface area (Å²) in [5.41, 5.74) is 2.20. The summed E-state index contributed by atoms with van der Waals surface area (Å²) in [6.07, 6.45) is 4.52. The first-order valence-electron chi connectivity index (χ1n) is 7.64. The smallest absolute Gasteiger partial charge is 0.123 e. The van der Waals surface area contributed by atoms with Gasteiger partial charge in [-0.3, -0.25) is 0 Å². The predicted octanol–water partition coefficient (Wildman–Crippen LogP) is 2.29. The fraction of sp³-hybridized carbons (Fsp3) is 0.625. The standard InChI is InChI=1S/C16H23FN2O/c17-14-1-4-16(13(9-14)10-18-15-2-3-15)19-7-5-12(11-20)6-8-19/h1,4,9,12,15,18,20H,2-3,5-8,10-11H2. The molecule has 2 fully saturated rings. The molecule has 2 N–H and O–H groups in total. The van der Waals surface area contributed by atoms with Gasteiger partial charge in [0, 0.05) is 38.0 Å². The molecule has 0 atom stereocenters. The third-order valence-electron chi connectivity index (χ3n) is 4.41. The molecule has 3 rings (SSSR count). The summed E-state index contributed by atoms with van der Waals surface area (Å²) < 4.78 is 13.5. The maximum absolute atomic E-state index is 13.5. The molecule has 2 aliphatic rings. The molecule has 0 unspecified atom stereocenters. The summed E-state index contributed by atoms with van der Waals surface area (Å²) in [6, 6.07) is 5.74. The summed E-state index contributed by atoms with van der Waals surface area (Å²) in [6.45, 7) is 2.94. The topological polar surface area (TPSA) is 35.5 Å². The molecule has 1 aromatic carbocycles. The Bertz CT molecular complexity index is 454. The van der Waals surface area contributed by atoms with Crippen LogP contribution in [0.25, 0.3) is 0 Å². The Hall–Kier alpha value is -1.13. The number of nitrogens with one attached hydrogen (secondary N) is 1. The van der Waals surface area contributed by atoms with Gasteiger partial charge in [-0.25, -0.2) is 4.39 Å². The SMILES string of the molecule is OCC1CCN(c2ccc(F)cc2CNC2CC2)CC1. The highest BCUT2D eigenvalue weighted by molar-refractivity contribution is 5.54. The van der Waals surface area contributed by atoms with E-state index < -0.39 is 0 Å². The Labute approximate surface area is 119 Å². The maximum Gasteiger partial charge on any atom is 0.123 e. The molecule has 0 radical (unpaired) electrons. The Morgan fingerprint density at radius 3 is 2.60 bits per heavy atom. The van der Waals surface area contributed by atoms with Gasteiger partial charge in [-0.05, 0) is 55.4 Å². The van der Waals surface area contributed by atoms with Crippen LogP contribution < -0.4 is 10.2 Å². The molecule has 3 nitrogen and oxygen atoms in total. The number of anilines is 1. The summed E-state index contributed by atoms with van der Waals surface area (Å²) in [5, 5.41) is 12.7. The van der Waals surface area contributed by atoms with Crippen molar-refractivity contribution in [3.8, 4) is 0 Å². The highest BCUT2D eigenvalue weighted by Gasteiger charge is 2.23. The second kappa shape index (κ2) is 6.10. The lowest BCUT2D eigenvalue weighted by molar-refractivity contribution is 0.203. The normalized spacial score (nSPS) is 20.4. The van der Waals surface area contributed by atoms with E-state index in [1.54, 1.807) is 12.1 Å². The molecule has 0 aromatic heterocycles. The molecule has 1 aromatic rings. The van der Waals surface area contributed by atoms with Crippen LogP contribution in [-0.2, 0) is 6.54 Å². The zero-order valence-electron chi connectivity index (χ0n) is 11.8. The Morgan fingerprint density at radius 2 is 1.95 bits per heavy atom. The molecular weight excluding hydrogens is 255 g/mol. The minimum absolute atomic E-state index is 0.161. The number of hydrogen-bond acceptors (Lipinski definition) is 3. The molecule has 20 heavy (non-hydrogen) atoms. The molecule has 1 saturated carbocycles. The van der Waals surface area contributed by atoms with Crippen LogP contribution >= 0.6 is 0 Å². The average molecular weight is 278 g/mol. The first kappa shape index (κ1) is 13.8. The van der Waals surface area contributed by atoms with Crippen LogP contribution in [0.3, 0.4) is 0 Å². The highest BCUT2D eigenvalue weighted by atomic mass is 19.1. The average Bonchev–Trinajstić information content (AvgIpc) is 3.30. The molecule has 0 spiro atoms. The number of aliphatic hydroxyl groups is 1. The van der Waals surface area contributed by atoms with Crippen molar-refractivity contribution in [2.75, 3.05) is 24.6 Å². The van der Waals surface area contributed by atoms with E-state index in [0.717, 1.165) is 43.7 Å². The Morgan fingerprint density at radius 1 is 1.20 bits per heavy atom. The minimum Gasteiger partial charge on any atom is -0.396 e. The van der Waals surface area contributed by atoms with Crippen LogP contribution in [-0.4, -0.2) is 30.8 Å². The van der Waals surface area contributed by atoms with Gasteiger partial charge in [-0.1, -0.05) is 0 Å². The van der Waals surface area contributed by atoms with E-state index in [2.05, 4.69) is 10.2 Å². The van der Waals surface area contributed by atoms with Crippen molar-refractivity contribution < 1.29 is 9.50 Å². The Kier molecular flexibility index (Phi) is 4.22. The quantitative estimate of drug-likeness (QED) is 0.867. The molecule has 1 heterocycles. The van der Waals surface area contributed by atoms with Crippen molar-refractivity contribution in [3.63, 3.8) is 0 Å². The summed E-state index contributed by atoms with van der Waals surface area (Å²) in [4.78, 5) is 2.33. The summed E-state index contributed by atoms with van der Waals surface area (Å²) in [5.74, 6) is 0.270. The number of aliphatic hydroxyl groups excluding tert-OH is 1. The second-order valence-electron chi connectivity index (χ2n) is 6.04. The van der Waals surface area contributed by atoms with Crippen molar-refractivity contribution in [2.24, 2.45) is 5.92 Å². The number of nitrogens with zero attached hydrogens (tertiary/aromatic N) is 1. The van der Waals surface area contributed by atoms with Gasteiger partial charge in [-0.2, -0.15) is 0 Å². The minimum atomic E-state index is -0.161. The van der Waals surface area contributed by atoms with Gasteiger partial charge >= 0.3 is 0 Å². The van der Waals surface area contributed by atoms with Gasteiger partial charge in [0.1, 0.15) is 5.82 Å². The number of halogens is 1. The van der Waals surface area contributed by atoms with E-state index in [9.17, 15) is 9.50 Å². The van der Waals surface area contributed by atoms with E-state index >= 15 is 0 Å². The predicted molar refractivity (Wildman–Crippen MR) is 78.3 cm³/mol. The van der Waals surface area contributed by atoms with Gasteiger partial charge in [-0.15, -0.1) is 0 Å². The van der Waals surface area contributed by atoms with Crippen LogP contribution in [0.4, 0.5) is 10.1 Å². The largest absolute Gasteiger partial charge is 0.396 e. The van der Waals surface area contributed by atoms with Crippen LogP contribution in [0.1, 0.15) is 31.2 Å². The maximum atomic E-state index is 13.5. The number of piperidine rings is 1. The Balaban J connectivity index is 1.70. The van der Waals surface area contributed by atoms with E-state index in [0.29, 0.717) is 12.0 Å². The molecule has 1 saturated heterocycles. The lowest BCUT2D eigenvalue weighted by Gasteiger charge is -2.34. The van der Waals surface area contributed by atoms with Gasteiger partial charge in [0.15, 0.2) is 0 Å². The van der Waals surface area contributed by atoms with E-state index in [-0.39, 0.29) is 12.4 Å². The van der Waals surface area contributed by atoms with Crippen molar-refractivity contribution in [3.05, 3.63) is 29.6 Å². The lowest BCUT2D eigenvalue weighted by Crippen LogP contribution is -2.35. The van der Waals surface area contributed by atoms with Crippen LogP contribution in [0.15, 0.2) is 18.2 Å². The van der Waals surface area contributed by atoms with Crippen molar-refractivity contribution in [2.45, 2.75) is 38.3 Å². The van der Waals surface area contributed by atoms with Crippen molar-refractivity contribution in [1.82, 2.24) is 5.32 Å². The van der Waals surface area contributed by atoms with Crippen molar-refractivity contribution in [1.29, 1.82) is 0 Å². The molecule has 4 heteroatoms. The number of rotatable bonds is 5. The third-order valence-corrected chi connectivity index (χ3v) is 4.41. The number of hydrogen-bond donors (Lipinski definition) is 2. The lowest BCUT2D eigenvalue weighted by atomic mass is 9.97. The first-order valence-corrected chi connectivity index (χ1v) is 7.64. The third kappa shape index (κ3) is 3.30. The fourth-order valence-corrected chi connectivity index (χ4v) is 2.90. The molecule has 110 valence electrons. The molecular formula is C16H23FN2O. The van der Waals surface area contributed by atoms with Crippen LogP contribution in [0.2, 0.25) is 0 Å². The summed E-state index contributed by atoms with van der Waals surface area (Å²) >= 11 is 0. The van der Waals surface area contributed by atoms with Crippen LogP contribution in [0.5, 0.6) is 0 Å². The fourth-order valence-electron chi connectivity index (χ4n) is 2.90. The zero-order chi connectivity index (χ0) is 13.9. The first-order chi connectivity index (χ1) is 9.76. The van der Waals surface area contributed by atoms with Crippen LogP contribution in [0, 0.1) is 11.7 Å². The van der Waals surface area contributed by atoms with E-state index in [1.165, 1.54) is 12.8 Å². The van der Waals surface area contributed by atoms with E-state index in [1.807, 2.05) is 6.07 Å². The summed E-state index contributed by atoms with van der Waals surface area (Å²) in [7, 11) is 0. The highest BCUT2D eigenvalue weighted by Crippen LogP contribution is 2.28. The van der Waals surface area contributed by atoms with E-state index in [4.69, 9.17) is 0 Å². The molecule has 0 bridgehead atoms.